The molecule has 1 saturated heterocycles. The summed E-state index contributed by atoms with van der Waals surface area (Å²) in [6.45, 7) is 6.95. The fraction of sp³-hybridized carbons (Fsp3) is 0.474. The Kier molecular flexibility index (Phi) is 4.60. The minimum Gasteiger partial charge on any atom is -0.488 e. The monoisotopic (exact) mass is 328 g/mol. The Morgan fingerprint density at radius 2 is 1.88 bits per heavy atom. The standard InChI is InChI=1S/C19H24N2O3/c1-19(2,3)24-18(22)21-12-9-15(10-13-21)23-16-8-4-6-14-7-5-11-20-17(14)16/h4-8,11,15H,9-10,12-13H2,1-3H3. The average molecular weight is 328 g/mol. The maximum Gasteiger partial charge on any atom is 0.410 e. The Morgan fingerprint density at radius 3 is 2.58 bits per heavy atom. The van der Waals surface area contributed by atoms with Gasteiger partial charge in [-0.3, -0.25) is 4.98 Å². The number of hydrogen-bond acceptors (Lipinski definition) is 4. The molecule has 24 heavy (non-hydrogen) atoms. The molecule has 0 bridgehead atoms. The molecule has 1 amide bonds. The SMILES string of the molecule is CC(C)(C)OC(=O)N1CCC(Oc2cccc3cccnc23)CC1. The number of carbonyl (C=O) groups is 1. The molecule has 2 heterocycles. The second-order valence-electron chi connectivity index (χ2n) is 7.12. The first kappa shape index (κ1) is 16.6. The zero-order valence-corrected chi connectivity index (χ0v) is 14.5. The largest absolute Gasteiger partial charge is 0.488 e. The van der Waals surface area contributed by atoms with E-state index in [1.54, 1.807) is 11.1 Å². The van der Waals surface area contributed by atoms with Crippen molar-refractivity contribution >= 4 is 17.0 Å². The molecular weight excluding hydrogens is 304 g/mol. The molecule has 0 atom stereocenters. The van der Waals surface area contributed by atoms with Crippen molar-refractivity contribution in [1.29, 1.82) is 0 Å². The van der Waals surface area contributed by atoms with Crippen molar-refractivity contribution in [3.8, 4) is 5.75 Å². The van der Waals surface area contributed by atoms with Crippen LogP contribution in [0.4, 0.5) is 4.79 Å². The van der Waals surface area contributed by atoms with Crippen LogP contribution in [-0.2, 0) is 4.74 Å². The summed E-state index contributed by atoms with van der Waals surface area (Å²) >= 11 is 0. The molecule has 3 rings (SSSR count). The van der Waals surface area contributed by atoms with Crippen molar-refractivity contribution in [2.45, 2.75) is 45.3 Å². The zero-order chi connectivity index (χ0) is 17.2. The van der Waals surface area contributed by atoms with E-state index in [0.29, 0.717) is 13.1 Å². The van der Waals surface area contributed by atoms with Crippen molar-refractivity contribution in [2.24, 2.45) is 0 Å². The maximum atomic E-state index is 12.1. The lowest BCUT2D eigenvalue weighted by molar-refractivity contribution is 0.0127. The van der Waals surface area contributed by atoms with E-state index < -0.39 is 5.60 Å². The summed E-state index contributed by atoms with van der Waals surface area (Å²) in [6.07, 6.45) is 3.22. The van der Waals surface area contributed by atoms with Crippen LogP contribution in [0, 0.1) is 0 Å². The van der Waals surface area contributed by atoms with Gasteiger partial charge in [0.25, 0.3) is 0 Å². The molecule has 0 N–H and O–H groups in total. The van der Waals surface area contributed by atoms with Crippen molar-refractivity contribution in [1.82, 2.24) is 9.88 Å². The van der Waals surface area contributed by atoms with Gasteiger partial charge in [0.2, 0.25) is 0 Å². The van der Waals surface area contributed by atoms with E-state index in [2.05, 4.69) is 4.98 Å². The van der Waals surface area contributed by atoms with Gasteiger partial charge >= 0.3 is 6.09 Å². The highest BCUT2D eigenvalue weighted by Gasteiger charge is 2.27. The molecule has 0 radical (unpaired) electrons. The number of likely N-dealkylation sites (tertiary alicyclic amines) is 1. The number of rotatable bonds is 2. The normalized spacial score (nSPS) is 16.2. The van der Waals surface area contributed by atoms with Crippen molar-refractivity contribution in [2.75, 3.05) is 13.1 Å². The predicted molar refractivity (Wildman–Crippen MR) is 93.2 cm³/mol. The van der Waals surface area contributed by atoms with Gasteiger partial charge in [0.1, 0.15) is 23.0 Å². The van der Waals surface area contributed by atoms with E-state index in [1.165, 1.54) is 0 Å². The Morgan fingerprint density at radius 1 is 1.17 bits per heavy atom. The van der Waals surface area contributed by atoms with Crippen LogP contribution in [0.1, 0.15) is 33.6 Å². The first-order valence-electron chi connectivity index (χ1n) is 8.41. The summed E-state index contributed by atoms with van der Waals surface area (Å²) in [7, 11) is 0. The minimum absolute atomic E-state index is 0.0938. The summed E-state index contributed by atoms with van der Waals surface area (Å²) in [4.78, 5) is 18.3. The van der Waals surface area contributed by atoms with Crippen LogP contribution in [0.25, 0.3) is 10.9 Å². The fourth-order valence-electron chi connectivity index (χ4n) is 2.83. The molecule has 1 fully saturated rings. The van der Waals surface area contributed by atoms with Gasteiger partial charge in [-0.05, 0) is 32.9 Å². The number of aromatic nitrogens is 1. The lowest BCUT2D eigenvalue weighted by atomic mass is 10.1. The van der Waals surface area contributed by atoms with Crippen molar-refractivity contribution < 1.29 is 14.3 Å². The van der Waals surface area contributed by atoms with Gasteiger partial charge in [-0.25, -0.2) is 4.79 Å². The molecule has 5 heteroatoms. The van der Waals surface area contributed by atoms with Gasteiger partial charge in [-0.1, -0.05) is 18.2 Å². The topological polar surface area (TPSA) is 51.7 Å². The molecule has 0 saturated carbocycles. The molecule has 1 aliphatic heterocycles. The molecule has 0 spiro atoms. The van der Waals surface area contributed by atoms with Crippen LogP contribution >= 0.6 is 0 Å². The summed E-state index contributed by atoms with van der Waals surface area (Å²) in [5.74, 6) is 0.809. The molecule has 1 aromatic heterocycles. The number of ether oxygens (including phenoxy) is 2. The number of pyridine rings is 1. The Bertz CT molecular complexity index is 711. The molecule has 2 aromatic rings. The van der Waals surface area contributed by atoms with Crippen LogP contribution < -0.4 is 4.74 Å². The van der Waals surface area contributed by atoms with Crippen LogP contribution in [0.15, 0.2) is 36.5 Å². The van der Waals surface area contributed by atoms with E-state index in [0.717, 1.165) is 29.5 Å². The molecule has 128 valence electrons. The number of carbonyl (C=O) groups excluding carboxylic acids is 1. The van der Waals surface area contributed by atoms with Crippen molar-refractivity contribution in [3.63, 3.8) is 0 Å². The first-order chi connectivity index (χ1) is 11.4. The van der Waals surface area contributed by atoms with E-state index >= 15 is 0 Å². The lowest BCUT2D eigenvalue weighted by Gasteiger charge is -2.33. The third-order valence-corrected chi connectivity index (χ3v) is 3.98. The third-order valence-electron chi connectivity index (χ3n) is 3.98. The van der Waals surface area contributed by atoms with Crippen LogP contribution in [-0.4, -0.2) is 40.8 Å². The van der Waals surface area contributed by atoms with E-state index in [4.69, 9.17) is 9.47 Å². The molecule has 1 aromatic carbocycles. The zero-order valence-electron chi connectivity index (χ0n) is 14.5. The Balaban J connectivity index is 1.60. The van der Waals surface area contributed by atoms with E-state index in [-0.39, 0.29) is 12.2 Å². The van der Waals surface area contributed by atoms with Gasteiger partial charge in [0.05, 0.1) is 0 Å². The molecule has 1 aliphatic rings. The quantitative estimate of drug-likeness (QED) is 0.836. The summed E-state index contributed by atoms with van der Waals surface area (Å²) in [5, 5.41) is 1.07. The lowest BCUT2D eigenvalue weighted by Crippen LogP contribution is -2.44. The highest BCUT2D eigenvalue weighted by Crippen LogP contribution is 2.26. The van der Waals surface area contributed by atoms with Crippen LogP contribution in [0.5, 0.6) is 5.75 Å². The molecule has 5 nitrogen and oxygen atoms in total. The maximum absolute atomic E-state index is 12.1. The first-order valence-corrected chi connectivity index (χ1v) is 8.41. The second kappa shape index (κ2) is 6.67. The number of fused-ring (bicyclic) bond motifs is 1. The fourth-order valence-corrected chi connectivity index (χ4v) is 2.83. The number of hydrogen-bond donors (Lipinski definition) is 0. The molecule has 0 aliphatic carbocycles. The van der Waals surface area contributed by atoms with Gasteiger partial charge in [0, 0.05) is 37.5 Å². The Hall–Kier alpha value is -2.30. The van der Waals surface area contributed by atoms with Crippen molar-refractivity contribution in [3.05, 3.63) is 36.5 Å². The van der Waals surface area contributed by atoms with Gasteiger partial charge in [-0.2, -0.15) is 0 Å². The highest BCUT2D eigenvalue weighted by atomic mass is 16.6. The highest BCUT2D eigenvalue weighted by molar-refractivity contribution is 5.84. The predicted octanol–water partition coefficient (Wildman–Crippen LogP) is 4.01. The Labute approximate surface area is 142 Å². The number of piperidine rings is 1. The van der Waals surface area contributed by atoms with E-state index in [1.807, 2.05) is 51.1 Å². The van der Waals surface area contributed by atoms with E-state index in [9.17, 15) is 4.79 Å². The van der Waals surface area contributed by atoms with Gasteiger partial charge in [0.15, 0.2) is 0 Å². The average Bonchev–Trinajstić information content (AvgIpc) is 2.54. The van der Waals surface area contributed by atoms with Crippen LogP contribution in [0.2, 0.25) is 0 Å². The summed E-state index contributed by atoms with van der Waals surface area (Å²) in [6, 6.07) is 9.91. The number of amides is 1. The second-order valence-corrected chi connectivity index (χ2v) is 7.12. The molecular formula is C19H24N2O3. The van der Waals surface area contributed by atoms with Crippen LogP contribution in [0.3, 0.4) is 0 Å². The van der Waals surface area contributed by atoms with Gasteiger partial charge < -0.3 is 14.4 Å². The van der Waals surface area contributed by atoms with Gasteiger partial charge in [-0.15, -0.1) is 0 Å². The summed E-state index contributed by atoms with van der Waals surface area (Å²) in [5.41, 5.74) is 0.425. The third kappa shape index (κ3) is 3.96. The number of para-hydroxylation sites is 1. The number of nitrogens with zero attached hydrogens (tertiary/aromatic N) is 2. The summed E-state index contributed by atoms with van der Waals surface area (Å²) < 4.78 is 11.6. The molecule has 0 unspecified atom stereocenters. The number of benzene rings is 1. The smallest absolute Gasteiger partial charge is 0.410 e. The minimum atomic E-state index is -0.459.